The van der Waals surface area contributed by atoms with Gasteiger partial charge in [-0.15, -0.1) is 0 Å². The minimum Gasteiger partial charge on any atom is -0.430 e. The van der Waals surface area contributed by atoms with E-state index in [0.29, 0.717) is 25.0 Å². The molecule has 0 radical (unpaired) electrons. The highest BCUT2D eigenvalue weighted by Crippen LogP contribution is 2.65. The van der Waals surface area contributed by atoms with Gasteiger partial charge in [0.25, 0.3) is 0 Å². The molecule has 0 saturated heterocycles. The summed E-state index contributed by atoms with van der Waals surface area (Å²) in [7, 11) is 0. The van der Waals surface area contributed by atoms with Gasteiger partial charge in [-0.1, -0.05) is 13.8 Å². The molecule has 0 aromatic heterocycles. The number of nitriles is 3. The van der Waals surface area contributed by atoms with E-state index in [-0.39, 0.29) is 5.92 Å². The van der Waals surface area contributed by atoms with Crippen LogP contribution >= 0.6 is 0 Å². The summed E-state index contributed by atoms with van der Waals surface area (Å²) in [5.41, 5.74) is -3.98. The number of carbonyl (C=O) groups excluding carboxylic acids is 1. The molecule has 0 unspecified atom stereocenters. The van der Waals surface area contributed by atoms with Crippen molar-refractivity contribution in [2.75, 3.05) is 0 Å². The van der Waals surface area contributed by atoms with E-state index in [1.165, 1.54) is 0 Å². The van der Waals surface area contributed by atoms with Crippen molar-refractivity contribution in [3.05, 3.63) is 11.8 Å². The molecule has 21 heavy (non-hydrogen) atoms. The van der Waals surface area contributed by atoms with Crippen LogP contribution in [0.2, 0.25) is 0 Å². The second-order valence-electron chi connectivity index (χ2n) is 6.13. The van der Waals surface area contributed by atoms with Crippen molar-refractivity contribution in [2.24, 2.45) is 22.2 Å². The van der Waals surface area contributed by atoms with E-state index in [4.69, 9.17) is 4.74 Å². The van der Waals surface area contributed by atoms with E-state index in [2.05, 4.69) is 18.2 Å². The lowest BCUT2D eigenvalue weighted by atomic mass is 9.42. The average molecular weight is 283 g/mol. The second-order valence-corrected chi connectivity index (χ2v) is 6.13. The number of esters is 1. The molecule has 1 heterocycles. The third-order valence-corrected chi connectivity index (χ3v) is 5.01. The van der Waals surface area contributed by atoms with Crippen LogP contribution in [0.15, 0.2) is 11.8 Å². The molecule has 1 aliphatic heterocycles. The summed E-state index contributed by atoms with van der Waals surface area (Å²) in [6, 6.07) is 6.36. The highest BCUT2D eigenvalue weighted by Gasteiger charge is 2.71. The van der Waals surface area contributed by atoms with Crippen LogP contribution in [0.5, 0.6) is 0 Å². The van der Waals surface area contributed by atoms with Crippen molar-refractivity contribution in [3.8, 4) is 18.2 Å². The predicted molar refractivity (Wildman–Crippen MR) is 72.7 cm³/mol. The monoisotopic (exact) mass is 283 g/mol. The molecule has 108 valence electrons. The number of hydrogen-bond donors (Lipinski definition) is 0. The second kappa shape index (κ2) is 4.61. The zero-order valence-electron chi connectivity index (χ0n) is 12.4. The lowest BCUT2D eigenvalue weighted by Gasteiger charge is -2.55. The topological polar surface area (TPSA) is 97.7 Å². The van der Waals surface area contributed by atoms with Gasteiger partial charge < -0.3 is 4.74 Å². The Kier molecular flexibility index (Phi) is 3.31. The molecule has 2 rings (SSSR count). The Morgan fingerprint density at radius 1 is 1.29 bits per heavy atom. The van der Waals surface area contributed by atoms with Crippen molar-refractivity contribution >= 4 is 5.97 Å². The van der Waals surface area contributed by atoms with Crippen LogP contribution in [-0.4, -0.2) is 5.97 Å². The van der Waals surface area contributed by atoms with Crippen molar-refractivity contribution in [3.63, 3.8) is 0 Å². The van der Waals surface area contributed by atoms with Gasteiger partial charge in [0.05, 0.1) is 23.6 Å². The summed E-state index contributed by atoms with van der Waals surface area (Å²) in [6.07, 6.45) is 2.69. The van der Waals surface area contributed by atoms with E-state index < -0.39 is 22.2 Å². The Labute approximate surface area is 124 Å². The zero-order chi connectivity index (χ0) is 15.9. The first-order valence-electron chi connectivity index (χ1n) is 7.02. The summed E-state index contributed by atoms with van der Waals surface area (Å²) >= 11 is 0. The van der Waals surface area contributed by atoms with E-state index in [9.17, 15) is 20.6 Å². The Morgan fingerprint density at radius 2 is 1.90 bits per heavy atom. The van der Waals surface area contributed by atoms with E-state index in [1.54, 1.807) is 13.0 Å². The fourth-order valence-electron chi connectivity index (χ4n) is 4.18. The molecule has 1 fully saturated rings. The minimum absolute atomic E-state index is 0.0806. The van der Waals surface area contributed by atoms with Gasteiger partial charge in [-0.05, 0) is 38.2 Å². The van der Waals surface area contributed by atoms with Gasteiger partial charge in [0.1, 0.15) is 5.76 Å². The van der Waals surface area contributed by atoms with E-state index >= 15 is 0 Å². The summed E-state index contributed by atoms with van der Waals surface area (Å²) in [5.74, 6) is -0.353. The number of carbonyl (C=O) groups is 1. The molecule has 2 aliphatic rings. The van der Waals surface area contributed by atoms with Gasteiger partial charge in [-0.3, -0.25) is 0 Å². The highest BCUT2D eigenvalue weighted by molar-refractivity contribution is 5.85. The number of fused-ring (bicyclic) bond motifs is 1. The molecule has 0 amide bonds. The summed E-state index contributed by atoms with van der Waals surface area (Å²) in [6.45, 7) is 5.29. The first kappa shape index (κ1) is 15.1. The maximum atomic E-state index is 12.5. The van der Waals surface area contributed by atoms with Crippen LogP contribution in [0, 0.1) is 56.2 Å². The van der Waals surface area contributed by atoms with Crippen LogP contribution in [-0.2, 0) is 9.53 Å². The molecule has 5 nitrogen and oxygen atoms in total. The zero-order valence-corrected chi connectivity index (χ0v) is 12.4. The van der Waals surface area contributed by atoms with Gasteiger partial charge in [-0.2, -0.15) is 15.8 Å². The summed E-state index contributed by atoms with van der Waals surface area (Å²) in [5, 5.41) is 29.2. The lowest BCUT2D eigenvalue weighted by Crippen LogP contribution is -2.61. The normalized spacial score (nSPS) is 37.0. The number of hydrogen-bond acceptors (Lipinski definition) is 5. The fourth-order valence-corrected chi connectivity index (χ4v) is 4.18. The van der Waals surface area contributed by atoms with Crippen molar-refractivity contribution in [2.45, 2.75) is 40.0 Å². The molecule has 0 bridgehead atoms. The minimum atomic E-state index is -1.47. The Hall–Kier alpha value is -2.32. The molecular formula is C16H17N3O2. The lowest BCUT2D eigenvalue weighted by molar-refractivity contribution is -0.168. The Morgan fingerprint density at radius 3 is 2.38 bits per heavy atom. The molecule has 0 N–H and O–H groups in total. The maximum Gasteiger partial charge on any atom is 0.332 e. The molecule has 0 aromatic carbocycles. The standard InChI is InChI=1S/C16H17N3O2/c1-4-16-7-12(3)21-13(20)15(16,10-19)6-11(2)5-14(16,8-17)9-18/h7,11H,4-6H2,1-3H3/t11-,15-,16+/m0/s1. The van der Waals surface area contributed by atoms with Crippen LogP contribution in [0.4, 0.5) is 0 Å². The smallest absolute Gasteiger partial charge is 0.332 e. The average Bonchev–Trinajstić information content (AvgIpc) is 2.47. The number of allylic oxidation sites excluding steroid dienone is 2. The molecule has 0 aromatic rings. The van der Waals surface area contributed by atoms with Crippen molar-refractivity contribution < 1.29 is 9.53 Å². The number of ether oxygens (including phenoxy) is 1. The molecular weight excluding hydrogens is 266 g/mol. The molecule has 0 spiro atoms. The number of nitrogens with zero attached hydrogens (tertiary/aromatic N) is 3. The first-order chi connectivity index (χ1) is 9.87. The van der Waals surface area contributed by atoms with Crippen LogP contribution < -0.4 is 0 Å². The van der Waals surface area contributed by atoms with Gasteiger partial charge in [0.15, 0.2) is 10.8 Å². The SMILES string of the molecule is CC[C@]12C=C(C)OC(=O)[C@@]1(C#N)C[C@@H](C)CC2(C#N)C#N. The predicted octanol–water partition coefficient (Wildman–Crippen LogP) is 2.82. The molecule has 1 saturated carbocycles. The number of cyclic esters (lactones) is 1. The summed E-state index contributed by atoms with van der Waals surface area (Å²) in [4.78, 5) is 12.5. The maximum absolute atomic E-state index is 12.5. The van der Waals surface area contributed by atoms with Gasteiger partial charge in [-0.25, -0.2) is 4.79 Å². The van der Waals surface area contributed by atoms with Gasteiger partial charge >= 0.3 is 5.97 Å². The molecule has 5 heteroatoms. The highest BCUT2D eigenvalue weighted by atomic mass is 16.5. The van der Waals surface area contributed by atoms with E-state index in [1.807, 2.05) is 13.8 Å². The molecule has 3 atom stereocenters. The van der Waals surface area contributed by atoms with Crippen molar-refractivity contribution in [1.29, 1.82) is 15.8 Å². The van der Waals surface area contributed by atoms with Crippen LogP contribution in [0.1, 0.15) is 40.0 Å². The van der Waals surface area contributed by atoms with Crippen LogP contribution in [0.3, 0.4) is 0 Å². The third kappa shape index (κ3) is 1.57. The largest absolute Gasteiger partial charge is 0.430 e. The van der Waals surface area contributed by atoms with Crippen molar-refractivity contribution in [1.82, 2.24) is 0 Å². The Balaban J connectivity index is 2.89. The van der Waals surface area contributed by atoms with Crippen LogP contribution in [0.25, 0.3) is 0 Å². The van der Waals surface area contributed by atoms with Gasteiger partial charge in [0.2, 0.25) is 0 Å². The van der Waals surface area contributed by atoms with Gasteiger partial charge in [0, 0.05) is 0 Å². The fraction of sp³-hybridized carbons (Fsp3) is 0.625. The number of rotatable bonds is 1. The Bertz CT molecular complexity index is 632. The van der Waals surface area contributed by atoms with E-state index in [0.717, 1.165) is 0 Å². The molecule has 1 aliphatic carbocycles. The third-order valence-electron chi connectivity index (χ3n) is 5.01. The summed E-state index contributed by atoms with van der Waals surface area (Å²) < 4.78 is 5.19. The quantitative estimate of drug-likeness (QED) is 0.689. The first-order valence-corrected chi connectivity index (χ1v) is 7.02.